The second-order valence-electron chi connectivity index (χ2n) is 12.1. The van der Waals surface area contributed by atoms with Crippen molar-refractivity contribution in [2.75, 3.05) is 45.3 Å². The lowest BCUT2D eigenvalue weighted by molar-refractivity contribution is 0.0131. The van der Waals surface area contributed by atoms with Crippen LogP contribution in [-0.2, 0) is 26.5 Å². The standard InChI is InChI=1S/C32H40ClN3O4S/c1-35-16-5-4-8-29(39-2)26-12-9-24(26)19-36-20-32(15-6-7-22-17-25(33)11-13-27(22)32)21-40-30-14-10-23(18-28(30)36)31(37)34-41(35,3)38/h4,8,10-11,13-14,17-18,24,26,29H,3,5-7,9,12,15-16,19-21H2,1-2H3,(H,34,37,38)/b8-4+/t24-,26+,29-,32-,41?/m0/s1. The third-order valence-corrected chi connectivity index (χ3v) is 11.5. The van der Waals surface area contributed by atoms with Crippen LogP contribution in [-0.4, -0.2) is 66.8 Å². The molecule has 2 aromatic rings. The number of hydrogen-bond donors (Lipinski definition) is 1. The van der Waals surface area contributed by atoms with Crippen LogP contribution in [0.5, 0.6) is 5.75 Å². The van der Waals surface area contributed by atoms with Gasteiger partial charge in [-0.05, 0) is 97.7 Å². The first-order chi connectivity index (χ1) is 19.7. The normalized spacial score (nSPS) is 33.0. The van der Waals surface area contributed by atoms with Gasteiger partial charge in [0.2, 0.25) is 0 Å². The molecule has 2 bridgehead atoms. The summed E-state index contributed by atoms with van der Waals surface area (Å²) < 4.78 is 30.2. The zero-order chi connectivity index (χ0) is 28.8. The molecule has 1 fully saturated rings. The highest BCUT2D eigenvalue weighted by Crippen LogP contribution is 2.47. The van der Waals surface area contributed by atoms with Crippen LogP contribution in [0.25, 0.3) is 0 Å². The quantitative estimate of drug-likeness (QED) is 0.369. The Labute approximate surface area is 249 Å². The first-order valence-corrected chi connectivity index (χ1v) is 16.7. The fourth-order valence-electron chi connectivity index (χ4n) is 7.10. The Morgan fingerprint density at radius 3 is 2.85 bits per heavy atom. The van der Waals surface area contributed by atoms with E-state index in [2.05, 4.69) is 39.8 Å². The van der Waals surface area contributed by atoms with E-state index in [1.165, 1.54) is 11.1 Å². The molecular formula is C32H40ClN3O4S. The van der Waals surface area contributed by atoms with E-state index in [0.717, 1.165) is 61.7 Å². The van der Waals surface area contributed by atoms with Gasteiger partial charge in [-0.1, -0.05) is 29.8 Å². The molecule has 5 atom stereocenters. The van der Waals surface area contributed by atoms with E-state index in [0.29, 0.717) is 37.0 Å². The first-order valence-electron chi connectivity index (χ1n) is 14.6. The lowest BCUT2D eigenvalue weighted by Crippen LogP contribution is -2.49. The summed E-state index contributed by atoms with van der Waals surface area (Å²) in [5.41, 5.74) is 3.77. The molecule has 1 saturated carbocycles. The van der Waals surface area contributed by atoms with Gasteiger partial charge in [0.05, 0.1) is 18.4 Å². The number of carbonyl (C=O) groups is 1. The average Bonchev–Trinajstić information content (AvgIpc) is 3.08. The van der Waals surface area contributed by atoms with Gasteiger partial charge in [0.15, 0.2) is 0 Å². The molecule has 9 heteroatoms. The van der Waals surface area contributed by atoms with Crippen LogP contribution in [0.3, 0.4) is 0 Å². The van der Waals surface area contributed by atoms with Gasteiger partial charge in [0.25, 0.3) is 5.91 Å². The molecule has 1 spiro atoms. The smallest absolute Gasteiger partial charge is 0.263 e. The second kappa shape index (κ2) is 11.3. The molecule has 1 amide bonds. The van der Waals surface area contributed by atoms with E-state index in [4.69, 9.17) is 21.1 Å². The molecule has 0 radical (unpaired) electrons. The lowest BCUT2D eigenvalue weighted by Gasteiger charge is -2.46. The molecule has 2 aromatic carbocycles. The molecule has 0 aromatic heterocycles. The molecule has 220 valence electrons. The fourth-order valence-corrected chi connectivity index (χ4v) is 8.26. The number of hydrogen-bond acceptors (Lipinski definition) is 5. The summed E-state index contributed by atoms with van der Waals surface area (Å²) in [6.45, 7) is 2.69. The summed E-state index contributed by atoms with van der Waals surface area (Å²) >= 11 is 6.41. The Kier molecular flexibility index (Phi) is 7.87. The Morgan fingerprint density at radius 2 is 2.07 bits per heavy atom. The summed E-state index contributed by atoms with van der Waals surface area (Å²) in [6, 6.07) is 11.8. The molecule has 4 aliphatic rings. The number of ether oxygens (including phenoxy) is 2. The average molecular weight is 598 g/mol. The number of fused-ring (bicyclic) bond motifs is 4. The number of benzene rings is 2. The zero-order valence-corrected chi connectivity index (χ0v) is 25.5. The minimum atomic E-state index is -3.00. The molecule has 0 saturated heterocycles. The van der Waals surface area contributed by atoms with Crippen molar-refractivity contribution in [3.8, 4) is 5.75 Å². The van der Waals surface area contributed by atoms with Gasteiger partial charge >= 0.3 is 0 Å². The minimum absolute atomic E-state index is 0.0244. The number of halogens is 1. The minimum Gasteiger partial charge on any atom is -0.490 e. The maximum Gasteiger partial charge on any atom is 0.263 e. The third kappa shape index (κ3) is 5.52. The summed E-state index contributed by atoms with van der Waals surface area (Å²) in [4.78, 5) is 15.8. The van der Waals surface area contributed by atoms with Crippen molar-refractivity contribution >= 4 is 39.0 Å². The van der Waals surface area contributed by atoms with Crippen molar-refractivity contribution in [2.45, 2.75) is 50.0 Å². The number of nitrogens with one attached hydrogen (secondary N) is 1. The Morgan fingerprint density at radius 1 is 1.22 bits per heavy atom. The topological polar surface area (TPSA) is 71.1 Å². The van der Waals surface area contributed by atoms with Gasteiger partial charge in [0.1, 0.15) is 15.6 Å². The van der Waals surface area contributed by atoms with Crippen LogP contribution in [0.2, 0.25) is 5.02 Å². The number of rotatable bonds is 1. The fraction of sp³-hybridized carbons (Fsp3) is 0.500. The van der Waals surface area contributed by atoms with Gasteiger partial charge < -0.3 is 14.4 Å². The van der Waals surface area contributed by atoms with Gasteiger partial charge in [-0.2, -0.15) is 0 Å². The monoisotopic (exact) mass is 597 g/mol. The predicted molar refractivity (Wildman–Crippen MR) is 166 cm³/mol. The van der Waals surface area contributed by atoms with E-state index in [1.807, 2.05) is 18.2 Å². The first kappa shape index (κ1) is 28.6. The third-order valence-electron chi connectivity index (χ3n) is 9.62. The van der Waals surface area contributed by atoms with Gasteiger partial charge in [-0.25, -0.2) is 8.51 Å². The van der Waals surface area contributed by atoms with Gasteiger partial charge in [-0.15, -0.1) is 0 Å². The molecule has 6 rings (SSSR count). The molecule has 7 nitrogen and oxygen atoms in total. The summed E-state index contributed by atoms with van der Waals surface area (Å²) in [6.07, 6.45) is 10.3. The molecule has 1 unspecified atom stereocenters. The second-order valence-corrected chi connectivity index (χ2v) is 14.7. The van der Waals surface area contributed by atoms with Crippen LogP contribution < -0.4 is 14.4 Å². The number of carbonyl (C=O) groups excluding carboxylic acids is 1. The van der Waals surface area contributed by atoms with E-state index >= 15 is 0 Å². The largest absolute Gasteiger partial charge is 0.490 e. The van der Waals surface area contributed by atoms with Crippen LogP contribution in [0, 0.1) is 11.8 Å². The van der Waals surface area contributed by atoms with Crippen molar-refractivity contribution in [3.05, 3.63) is 70.3 Å². The zero-order valence-electron chi connectivity index (χ0n) is 23.9. The van der Waals surface area contributed by atoms with Crippen molar-refractivity contribution in [1.82, 2.24) is 9.03 Å². The number of anilines is 1. The molecule has 1 N–H and O–H groups in total. The Hall–Kier alpha value is -2.52. The van der Waals surface area contributed by atoms with Crippen LogP contribution in [0.15, 0.2) is 48.6 Å². The van der Waals surface area contributed by atoms with E-state index in [-0.39, 0.29) is 11.5 Å². The van der Waals surface area contributed by atoms with E-state index < -0.39 is 15.8 Å². The van der Waals surface area contributed by atoms with Crippen molar-refractivity contribution in [3.63, 3.8) is 0 Å². The molecule has 2 aliphatic carbocycles. The summed E-state index contributed by atoms with van der Waals surface area (Å²) in [5.74, 6) is 5.08. The number of aryl methyl sites for hydroxylation is 1. The van der Waals surface area contributed by atoms with E-state index in [9.17, 15) is 9.00 Å². The Balaban J connectivity index is 1.43. The SMILES string of the molecule is C=S1(=O)NC(=O)c2ccc3c(c2)N(C[C@@H]2CC[C@H]2[C@@H](OC)/C=C/CCN1C)C[C@@]1(CCCc2cc(Cl)ccc21)CO3. The van der Waals surface area contributed by atoms with Gasteiger partial charge in [0, 0.05) is 49.8 Å². The number of nitrogens with zero attached hydrogens (tertiary/aromatic N) is 2. The summed E-state index contributed by atoms with van der Waals surface area (Å²) in [5, 5.41) is 0.767. The molecule has 2 heterocycles. The molecule has 2 aliphatic heterocycles. The van der Waals surface area contributed by atoms with Gasteiger partial charge in [-0.3, -0.25) is 9.52 Å². The highest BCUT2D eigenvalue weighted by molar-refractivity contribution is 7.96. The van der Waals surface area contributed by atoms with Crippen molar-refractivity contribution in [2.24, 2.45) is 11.8 Å². The van der Waals surface area contributed by atoms with Crippen LogP contribution in [0.1, 0.15) is 53.6 Å². The highest BCUT2D eigenvalue weighted by atomic mass is 35.5. The van der Waals surface area contributed by atoms with Crippen molar-refractivity contribution < 1.29 is 18.5 Å². The maximum absolute atomic E-state index is 13.4. The van der Waals surface area contributed by atoms with Crippen LogP contribution >= 0.6 is 11.6 Å². The molecular weight excluding hydrogens is 558 g/mol. The van der Waals surface area contributed by atoms with Crippen molar-refractivity contribution in [1.29, 1.82) is 0 Å². The number of amides is 1. The van der Waals surface area contributed by atoms with E-state index in [1.54, 1.807) is 24.5 Å². The predicted octanol–water partition coefficient (Wildman–Crippen LogP) is 5.02. The Bertz CT molecular complexity index is 1460. The number of methoxy groups -OCH3 is 1. The highest BCUT2D eigenvalue weighted by Gasteiger charge is 2.44. The summed E-state index contributed by atoms with van der Waals surface area (Å²) in [7, 11) is 0.509. The molecule has 41 heavy (non-hydrogen) atoms. The van der Waals surface area contributed by atoms with Crippen LogP contribution in [0.4, 0.5) is 5.69 Å². The lowest BCUT2D eigenvalue weighted by atomic mass is 9.68. The maximum atomic E-state index is 13.4.